The third-order valence-electron chi connectivity index (χ3n) is 2.66. The predicted molar refractivity (Wildman–Crippen MR) is 67.0 cm³/mol. The summed E-state index contributed by atoms with van der Waals surface area (Å²) in [6.07, 6.45) is 1.69. The Morgan fingerprint density at radius 2 is 1.94 bits per heavy atom. The van der Waals surface area contributed by atoms with Gasteiger partial charge in [0.15, 0.2) is 11.5 Å². The summed E-state index contributed by atoms with van der Waals surface area (Å²) in [6.45, 7) is 4.89. The predicted octanol–water partition coefficient (Wildman–Crippen LogP) is 1.74. The molecular formula is C13H21NO3. The zero-order chi connectivity index (χ0) is 12.9. The zero-order valence-corrected chi connectivity index (χ0v) is 10.4. The molecule has 17 heavy (non-hydrogen) atoms. The lowest BCUT2D eigenvalue weighted by molar-refractivity contribution is 0.0498. The largest absolute Gasteiger partial charge is 0.504 e. The number of rotatable bonds is 6. The molecule has 4 heteroatoms. The normalized spacial score (nSPS) is 14.5. The molecule has 1 unspecified atom stereocenters. The van der Waals surface area contributed by atoms with E-state index in [1.807, 2.05) is 6.92 Å². The lowest BCUT2D eigenvalue weighted by atomic mass is 10.0. The Kier molecular flexibility index (Phi) is 4.78. The van der Waals surface area contributed by atoms with E-state index in [1.54, 1.807) is 13.0 Å². The fraction of sp³-hybridized carbons (Fsp3) is 0.538. The van der Waals surface area contributed by atoms with E-state index in [-0.39, 0.29) is 11.5 Å². The van der Waals surface area contributed by atoms with Crippen LogP contribution >= 0.6 is 0 Å². The number of benzene rings is 1. The minimum absolute atomic E-state index is 0.119. The van der Waals surface area contributed by atoms with Gasteiger partial charge in [0.2, 0.25) is 0 Å². The highest BCUT2D eigenvalue weighted by molar-refractivity contribution is 5.40. The van der Waals surface area contributed by atoms with E-state index in [4.69, 9.17) is 5.11 Å². The number of nitrogens with one attached hydrogen (secondary N) is 1. The summed E-state index contributed by atoms with van der Waals surface area (Å²) in [5, 5.41) is 31.5. The highest BCUT2D eigenvalue weighted by Gasteiger charge is 2.17. The SMILES string of the molecule is CCCC(C)(O)CNCc1ccc(O)c(O)c1. The molecule has 0 fully saturated rings. The van der Waals surface area contributed by atoms with Crippen molar-refractivity contribution in [1.82, 2.24) is 5.32 Å². The van der Waals surface area contributed by atoms with Gasteiger partial charge in [0, 0.05) is 13.1 Å². The van der Waals surface area contributed by atoms with Gasteiger partial charge in [-0.25, -0.2) is 0 Å². The van der Waals surface area contributed by atoms with Crippen LogP contribution in [-0.4, -0.2) is 27.5 Å². The standard InChI is InChI=1S/C13H21NO3/c1-3-6-13(2,17)9-14-8-10-4-5-11(15)12(16)7-10/h4-5,7,14-17H,3,6,8-9H2,1-2H3. The topological polar surface area (TPSA) is 72.7 Å². The molecule has 0 saturated heterocycles. The third kappa shape index (κ3) is 4.63. The lowest BCUT2D eigenvalue weighted by Crippen LogP contribution is -2.37. The molecule has 1 aromatic rings. The molecular weight excluding hydrogens is 218 g/mol. The van der Waals surface area contributed by atoms with Gasteiger partial charge in [0.1, 0.15) is 0 Å². The molecule has 1 rings (SSSR count). The first-order chi connectivity index (χ1) is 7.94. The molecule has 0 amide bonds. The molecule has 0 spiro atoms. The molecule has 0 heterocycles. The van der Waals surface area contributed by atoms with Gasteiger partial charge in [0.05, 0.1) is 5.60 Å². The van der Waals surface area contributed by atoms with E-state index in [1.165, 1.54) is 12.1 Å². The van der Waals surface area contributed by atoms with Crippen molar-refractivity contribution in [3.63, 3.8) is 0 Å². The Morgan fingerprint density at radius 1 is 1.24 bits per heavy atom. The summed E-state index contributed by atoms with van der Waals surface area (Å²) >= 11 is 0. The first kappa shape index (κ1) is 13.8. The van der Waals surface area contributed by atoms with E-state index in [2.05, 4.69) is 5.32 Å². The summed E-state index contributed by atoms with van der Waals surface area (Å²) in [7, 11) is 0. The fourth-order valence-electron chi connectivity index (χ4n) is 1.78. The maximum absolute atomic E-state index is 9.94. The van der Waals surface area contributed by atoms with Crippen molar-refractivity contribution in [2.45, 2.75) is 38.8 Å². The van der Waals surface area contributed by atoms with Gasteiger partial charge in [-0.05, 0) is 31.0 Å². The van der Waals surface area contributed by atoms with Crippen LogP contribution in [0.4, 0.5) is 0 Å². The van der Waals surface area contributed by atoms with Crippen LogP contribution in [0.1, 0.15) is 32.3 Å². The Bertz CT molecular complexity index is 364. The molecule has 0 aliphatic carbocycles. The zero-order valence-electron chi connectivity index (χ0n) is 10.4. The highest BCUT2D eigenvalue weighted by Crippen LogP contribution is 2.24. The molecule has 4 N–H and O–H groups in total. The van der Waals surface area contributed by atoms with Crippen molar-refractivity contribution in [3.05, 3.63) is 23.8 Å². The van der Waals surface area contributed by atoms with Crippen LogP contribution in [0.2, 0.25) is 0 Å². The fourth-order valence-corrected chi connectivity index (χ4v) is 1.78. The van der Waals surface area contributed by atoms with Gasteiger partial charge in [-0.3, -0.25) is 0 Å². The molecule has 0 radical (unpaired) electrons. The average Bonchev–Trinajstić information content (AvgIpc) is 2.23. The van der Waals surface area contributed by atoms with Crippen molar-refractivity contribution in [1.29, 1.82) is 0 Å². The number of hydrogen-bond acceptors (Lipinski definition) is 4. The summed E-state index contributed by atoms with van der Waals surface area (Å²) in [4.78, 5) is 0. The van der Waals surface area contributed by atoms with Gasteiger partial charge in [0.25, 0.3) is 0 Å². The summed E-state index contributed by atoms with van der Waals surface area (Å²) < 4.78 is 0. The molecule has 0 saturated carbocycles. The first-order valence-electron chi connectivity index (χ1n) is 5.88. The van der Waals surface area contributed by atoms with Crippen LogP contribution in [0, 0.1) is 0 Å². The van der Waals surface area contributed by atoms with Crippen LogP contribution in [0.25, 0.3) is 0 Å². The van der Waals surface area contributed by atoms with E-state index >= 15 is 0 Å². The Morgan fingerprint density at radius 3 is 2.53 bits per heavy atom. The molecule has 0 aliphatic rings. The van der Waals surface area contributed by atoms with Gasteiger partial charge in [-0.1, -0.05) is 19.4 Å². The Hall–Kier alpha value is -1.26. The van der Waals surface area contributed by atoms with Crippen molar-refractivity contribution in [3.8, 4) is 11.5 Å². The summed E-state index contributed by atoms with van der Waals surface area (Å²) in [5.41, 5.74) is 0.167. The van der Waals surface area contributed by atoms with Crippen LogP contribution in [0.3, 0.4) is 0 Å². The summed E-state index contributed by atoms with van der Waals surface area (Å²) in [5.74, 6) is -0.239. The monoisotopic (exact) mass is 239 g/mol. The third-order valence-corrected chi connectivity index (χ3v) is 2.66. The molecule has 1 atom stereocenters. The quantitative estimate of drug-likeness (QED) is 0.571. The summed E-state index contributed by atoms with van der Waals surface area (Å²) in [6, 6.07) is 4.70. The van der Waals surface area contributed by atoms with Crippen LogP contribution in [0.15, 0.2) is 18.2 Å². The second kappa shape index (κ2) is 5.89. The number of aliphatic hydroxyl groups is 1. The van der Waals surface area contributed by atoms with Gasteiger partial charge >= 0.3 is 0 Å². The second-order valence-corrected chi connectivity index (χ2v) is 4.67. The number of phenolic OH excluding ortho intramolecular Hbond substituents is 2. The maximum atomic E-state index is 9.94. The molecule has 96 valence electrons. The van der Waals surface area contributed by atoms with Crippen molar-refractivity contribution >= 4 is 0 Å². The Labute approximate surface area is 102 Å². The molecule has 0 aromatic heterocycles. The van der Waals surface area contributed by atoms with E-state index in [9.17, 15) is 10.2 Å². The van der Waals surface area contributed by atoms with Crippen LogP contribution < -0.4 is 5.32 Å². The molecule has 0 aliphatic heterocycles. The highest BCUT2D eigenvalue weighted by atomic mass is 16.3. The lowest BCUT2D eigenvalue weighted by Gasteiger charge is -2.23. The number of phenols is 2. The van der Waals surface area contributed by atoms with Gasteiger partial charge in [-0.2, -0.15) is 0 Å². The van der Waals surface area contributed by atoms with E-state index in [0.717, 1.165) is 18.4 Å². The van der Waals surface area contributed by atoms with Gasteiger partial charge < -0.3 is 20.6 Å². The Balaban J connectivity index is 2.43. The average molecular weight is 239 g/mol. The maximum Gasteiger partial charge on any atom is 0.157 e. The second-order valence-electron chi connectivity index (χ2n) is 4.67. The minimum atomic E-state index is -0.701. The smallest absolute Gasteiger partial charge is 0.157 e. The van der Waals surface area contributed by atoms with Crippen LogP contribution in [0.5, 0.6) is 11.5 Å². The first-order valence-corrected chi connectivity index (χ1v) is 5.88. The van der Waals surface area contributed by atoms with E-state index in [0.29, 0.717) is 13.1 Å². The molecule has 4 nitrogen and oxygen atoms in total. The van der Waals surface area contributed by atoms with Gasteiger partial charge in [-0.15, -0.1) is 0 Å². The number of hydrogen-bond donors (Lipinski definition) is 4. The number of aromatic hydroxyl groups is 2. The molecule has 1 aromatic carbocycles. The van der Waals surface area contributed by atoms with Crippen LogP contribution in [-0.2, 0) is 6.54 Å². The van der Waals surface area contributed by atoms with Crippen molar-refractivity contribution in [2.24, 2.45) is 0 Å². The van der Waals surface area contributed by atoms with E-state index < -0.39 is 5.60 Å². The van der Waals surface area contributed by atoms with Crippen molar-refractivity contribution in [2.75, 3.05) is 6.54 Å². The minimum Gasteiger partial charge on any atom is -0.504 e. The molecule has 0 bridgehead atoms. The van der Waals surface area contributed by atoms with Crippen molar-refractivity contribution < 1.29 is 15.3 Å².